The van der Waals surface area contributed by atoms with Crippen LogP contribution in [-0.4, -0.2) is 39.6 Å². The van der Waals surface area contributed by atoms with Gasteiger partial charge in [0, 0.05) is 34.3 Å². The quantitative estimate of drug-likeness (QED) is 0.191. The molecule has 3 aromatic carbocycles. The number of fused-ring (bicyclic) bond motifs is 1. The van der Waals surface area contributed by atoms with E-state index in [2.05, 4.69) is 20.6 Å². The molecule has 5 rings (SSSR count). The second-order valence-electron chi connectivity index (χ2n) is 9.67. The Labute approximate surface area is 250 Å². The molecule has 2 N–H and O–H groups in total. The smallest absolute Gasteiger partial charge is 0.268 e. The zero-order valence-corrected chi connectivity index (χ0v) is 23.6. The maximum absolute atomic E-state index is 14.6. The van der Waals surface area contributed by atoms with E-state index >= 15 is 0 Å². The zero-order chi connectivity index (χ0) is 30.5. The standard InChI is InChI=1S/C32H25ClF2N4O4/c1-2-25(28(40)32-39-29-27(43-32)11-6-16-36-29)37-31(42)26(17-21-23(34)9-5-10-24(21)35)38-30(41)19-14-12-18(13-15-19)20-7-3-4-8-22(20)33/h3-16,25-26H,2,17H2,1H3,(H,37,42)(H,38,41)/t25-,26?/m0/s1. The molecular formula is C32H25ClF2N4O4. The van der Waals surface area contributed by atoms with Crippen molar-refractivity contribution in [2.45, 2.75) is 31.8 Å². The van der Waals surface area contributed by atoms with E-state index < -0.39 is 47.7 Å². The SMILES string of the molecule is CC[C@H](NC(=O)C(Cc1c(F)cccc1F)NC(=O)c1ccc(-c2ccccc2Cl)cc1)C(=O)c1nc2ncccc2o1. The Morgan fingerprint density at radius 3 is 2.28 bits per heavy atom. The van der Waals surface area contributed by atoms with Crippen molar-refractivity contribution in [1.82, 2.24) is 20.6 Å². The van der Waals surface area contributed by atoms with Gasteiger partial charge in [0.2, 0.25) is 11.7 Å². The van der Waals surface area contributed by atoms with Gasteiger partial charge in [-0.15, -0.1) is 0 Å². The Kier molecular flexibility index (Phi) is 8.87. The van der Waals surface area contributed by atoms with Crippen molar-refractivity contribution in [3.63, 3.8) is 0 Å². The number of nitrogens with zero attached hydrogens (tertiary/aromatic N) is 2. The van der Waals surface area contributed by atoms with Crippen molar-refractivity contribution in [3.05, 3.63) is 119 Å². The molecule has 0 saturated heterocycles. The predicted molar refractivity (Wildman–Crippen MR) is 157 cm³/mol. The Hall–Kier alpha value is -4.96. The highest BCUT2D eigenvalue weighted by atomic mass is 35.5. The maximum atomic E-state index is 14.6. The number of benzene rings is 3. The molecule has 8 nitrogen and oxygen atoms in total. The van der Waals surface area contributed by atoms with E-state index in [1.54, 1.807) is 55.5 Å². The summed E-state index contributed by atoms with van der Waals surface area (Å²) in [5.41, 5.74) is 1.88. The van der Waals surface area contributed by atoms with Crippen molar-refractivity contribution >= 4 is 40.4 Å². The molecule has 43 heavy (non-hydrogen) atoms. The highest BCUT2D eigenvalue weighted by molar-refractivity contribution is 6.33. The molecule has 2 amide bonds. The molecule has 1 unspecified atom stereocenters. The highest BCUT2D eigenvalue weighted by Gasteiger charge is 2.30. The molecule has 0 spiro atoms. The van der Waals surface area contributed by atoms with Gasteiger partial charge in [0.15, 0.2) is 11.2 Å². The minimum Gasteiger partial charge on any atom is -0.432 e. The molecular weight excluding hydrogens is 578 g/mol. The minimum atomic E-state index is -1.44. The van der Waals surface area contributed by atoms with E-state index in [4.69, 9.17) is 16.0 Å². The first-order chi connectivity index (χ1) is 20.7. The summed E-state index contributed by atoms with van der Waals surface area (Å²) in [5, 5.41) is 5.68. The first kappa shape index (κ1) is 29.5. The number of amides is 2. The van der Waals surface area contributed by atoms with Crippen molar-refractivity contribution in [3.8, 4) is 11.1 Å². The molecule has 0 saturated carbocycles. The lowest BCUT2D eigenvalue weighted by atomic mass is 10.0. The molecule has 0 aliphatic carbocycles. The van der Waals surface area contributed by atoms with Crippen molar-refractivity contribution in [1.29, 1.82) is 0 Å². The van der Waals surface area contributed by atoms with Gasteiger partial charge in [0.25, 0.3) is 11.8 Å². The maximum Gasteiger partial charge on any atom is 0.268 e. The lowest BCUT2D eigenvalue weighted by Crippen LogP contribution is -2.52. The molecule has 0 fully saturated rings. The van der Waals surface area contributed by atoms with E-state index in [1.165, 1.54) is 12.3 Å². The fraction of sp³-hybridized carbons (Fsp3) is 0.156. The number of nitrogens with one attached hydrogen (secondary N) is 2. The number of carbonyl (C=O) groups is 3. The van der Waals surface area contributed by atoms with E-state index in [1.807, 2.05) is 12.1 Å². The van der Waals surface area contributed by atoms with Crippen LogP contribution in [0.15, 0.2) is 89.5 Å². The third kappa shape index (κ3) is 6.60. The lowest BCUT2D eigenvalue weighted by molar-refractivity contribution is -0.123. The Morgan fingerprint density at radius 1 is 0.884 bits per heavy atom. The third-order valence-corrected chi connectivity index (χ3v) is 7.17. The van der Waals surface area contributed by atoms with Crippen molar-refractivity contribution in [2.75, 3.05) is 0 Å². The number of hydrogen-bond acceptors (Lipinski definition) is 6. The number of oxazole rings is 1. The van der Waals surface area contributed by atoms with Gasteiger partial charge in [-0.2, -0.15) is 4.98 Å². The van der Waals surface area contributed by atoms with Crippen LogP contribution in [0, 0.1) is 11.6 Å². The number of carbonyl (C=O) groups excluding carboxylic acids is 3. The van der Waals surface area contributed by atoms with E-state index in [0.29, 0.717) is 10.6 Å². The summed E-state index contributed by atoms with van der Waals surface area (Å²) >= 11 is 6.28. The van der Waals surface area contributed by atoms with Gasteiger partial charge in [-0.1, -0.05) is 54.9 Å². The second kappa shape index (κ2) is 12.9. The van der Waals surface area contributed by atoms with Crippen LogP contribution in [0.2, 0.25) is 5.02 Å². The summed E-state index contributed by atoms with van der Waals surface area (Å²) in [6.45, 7) is 1.66. The predicted octanol–water partition coefficient (Wildman–Crippen LogP) is 5.94. The van der Waals surface area contributed by atoms with Crippen LogP contribution >= 0.6 is 11.6 Å². The molecule has 218 valence electrons. The van der Waals surface area contributed by atoms with Crippen LogP contribution in [0.3, 0.4) is 0 Å². The first-order valence-corrected chi connectivity index (χ1v) is 13.8. The first-order valence-electron chi connectivity index (χ1n) is 13.4. The van der Waals surface area contributed by atoms with Crippen molar-refractivity contribution in [2.24, 2.45) is 0 Å². The topological polar surface area (TPSA) is 114 Å². The number of halogens is 3. The Balaban J connectivity index is 1.38. The minimum absolute atomic E-state index is 0.148. The number of Topliss-reactive ketones (excluding diaryl/α,β-unsaturated/α-hetero) is 1. The summed E-state index contributed by atoms with van der Waals surface area (Å²) in [6, 6.07) is 17.7. The van der Waals surface area contributed by atoms with E-state index in [9.17, 15) is 23.2 Å². The molecule has 0 aliphatic heterocycles. The molecule has 0 radical (unpaired) electrons. The summed E-state index contributed by atoms with van der Waals surface area (Å²) in [5.74, 6) is -4.10. The van der Waals surface area contributed by atoms with Gasteiger partial charge >= 0.3 is 0 Å². The van der Waals surface area contributed by atoms with Crippen LogP contribution < -0.4 is 10.6 Å². The summed E-state index contributed by atoms with van der Waals surface area (Å²) in [7, 11) is 0. The van der Waals surface area contributed by atoms with Crippen LogP contribution in [0.25, 0.3) is 22.4 Å². The monoisotopic (exact) mass is 602 g/mol. The third-order valence-electron chi connectivity index (χ3n) is 6.84. The number of pyridine rings is 1. The van der Waals surface area contributed by atoms with E-state index in [-0.39, 0.29) is 29.1 Å². The molecule has 2 heterocycles. The Bertz CT molecular complexity index is 1760. The Morgan fingerprint density at radius 2 is 1.60 bits per heavy atom. The normalized spacial score (nSPS) is 12.5. The number of ketones is 1. The summed E-state index contributed by atoms with van der Waals surface area (Å²) in [6.07, 6.45) is 1.14. The number of rotatable bonds is 10. The summed E-state index contributed by atoms with van der Waals surface area (Å²) in [4.78, 5) is 48.0. The molecule has 2 aromatic heterocycles. The molecule has 0 aliphatic rings. The van der Waals surface area contributed by atoms with Crippen LogP contribution in [-0.2, 0) is 11.2 Å². The number of hydrogen-bond donors (Lipinski definition) is 2. The van der Waals surface area contributed by atoms with Gasteiger partial charge in [0.05, 0.1) is 6.04 Å². The average molecular weight is 603 g/mol. The molecule has 0 bridgehead atoms. The zero-order valence-electron chi connectivity index (χ0n) is 22.8. The van der Waals surface area contributed by atoms with Gasteiger partial charge < -0.3 is 15.1 Å². The highest BCUT2D eigenvalue weighted by Crippen LogP contribution is 2.27. The molecule has 2 atom stereocenters. The van der Waals surface area contributed by atoms with Crippen LogP contribution in [0.5, 0.6) is 0 Å². The number of aromatic nitrogens is 2. The van der Waals surface area contributed by atoms with Crippen molar-refractivity contribution < 1.29 is 27.6 Å². The second-order valence-corrected chi connectivity index (χ2v) is 10.1. The fourth-order valence-electron chi connectivity index (χ4n) is 4.53. The largest absolute Gasteiger partial charge is 0.432 e. The molecule has 11 heteroatoms. The van der Waals surface area contributed by atoms with Gasteiger partial charge in [-0.25, -0.2) is 13.8 Å². The van der Waals surface area contributed by atoms with Gasteiger partial charge in [0.1, 0.15) is 17.7 Å². The van der Waals surface area contributed by atoms with E-state index in [0.717, 1.165) is 23.3 Å². The van der Waals surface area contributed by atoms with Gasteiger partial charge in [-0.3, -0.25) is 14.4 Å². The lowest BCUT2D eigenvalue weighted by Gasteiger charge is -2.22. The average Bonchev–Trinajstić information content (AvgIpc) is 3.45. The molecule has 5 aromatic rings. The van der Waals surface area contributed by atoms with Gasteiger partial charge in [-0.05, 0) is 54.4 Å². The van der Waals surface area contributed by atoms with Crippen LogP contribution in [0.4, 0.5) is 8.78 Å². The fourth-order valence-corrected chi connectivity index (χ4v) is 4.77. The summed E-state index contributed by atoms with van der Waals surface area (Å²) < 4.78 is 34.7. The van der Waals surface area contributed by atoms with Crippen LogP contribution in [0.1, 0.15) is 40.0 Å².